The van der Waals surface area contributed by atoms with E-state index in [2.05, 4.69) is 16.0 Å². The van der Waals surface area contributed by atoms with Gasteiger partial charge in [-0.25, -0.2) is 4.79 Å². The molecule has 0 aromatic carbocycles. The summed E-state index contributed by atoms with van der Waals surface area (Å²) in [5.41, 5.74) is 2.16. The predicted octanol–water partition coefficient (Wildman–Crippen LogP) is 3.11. The van der Waals surface area contributed by atoms with E-state index in [0.717, 1.165) is 38.0 Å². The first-order valence-electron chi connectivity index (χ1n) is 9.46. The van der Waals surface area contributed by atoms with Crippen LogP contribution < -0.4 is 0 Å². The third kappa shape index (κ3) is 4.81. The standard InChI is InChI=1S/C18H21N3O2.C2HF3O2/c1-13-6-10-23-17(13)18(22)21-9-5-15-16(21)4-8-20(15)12-14-3-2-7-19-11-14;3-2(4,5)1(6)7/h2-3,6-7,10-11,15-16H,4-5,8-9,12H2,1H3;(H,6,7)/t15-,16+;/m0./s1. The zero-order valence-corrected chi connectivity index (χ0v) is 16.3. The number of aryl methyl sites for hydroxylation is 1. The summed E-state index contributed by atoms with van der Waals surface area (Å²) in [6.45, 7) is 4.69. The quantitative estimate of drug-likeness (QED) is 0.813. The number of rotatable bonds is 3. The Labute approximate surface area is 171 Å². The summed E-state index contributed by atoms with van der Waals surface area (Å²) >= 11 is 0. The number of carbonyl (C=O) groups excluding carboxylic acids is 1. The Balaban J connectivity index is 0.000000318. The SMILES string of the molecule is Cc1ccoc1C(=O)N1CC[C@H]2[C@H]1CCN2Cc1cccnc1.O=C(O)C(F)(F)F. The van der Waals surface area contributed by atoms with Gasteiger partial charge in [0.2, 0.25) is 0 Å². The fourth-order valence-corrected chi connectivity index (χ4v) is 3.97. The van der Waals surface area contributed by atoms with Crippen LogP contribution in [-0.2, 0) is 11.3 Å². The molecule has 2 aromatic heterocycles. The van der Waals surface area contributed by atoms with Crippen molar-refractivity contribution in [1.29, 1.82) is 0 Å². The smallest absolute Gasteiger partial charge is 0.475 e. The molecular weight excluding hydrogens is 403 g/mol. The van der Waals surface area contributed by atoms with E-state index in [1.165, 1.54) is 5.56 Å². The van der Waals surface area contributed by atoms with Gasteiger partial charge in [-0.1, -0.05) is 6.07 Å². The van der Waals surface area contributed by atoms with Gasteiger partial charge in [-0.05, 0) is 37.5 Å². The van der Waals surface area contributed by atoms with Crippen molar-refractivity contribution >= 4 is 11.9 Å². The molecule has 30 heavy (non-hydrogen) atoms. The molecule has 0 aliphatic carbocycles. The van der Waals surface area contributed by atoms with E-state index < -0.39 is 12.1 Å². The monoisotopic (exact) mass is 425 g/mol. The molecule has 4 heterocycles. The highest BCUT2D eigenvalue weighted by molar-refractivity contribution is 5.93. The lowest BCUT2D eigenvalue weighted by Crippen LogP contribution is -2.39. The van der Waals surface area contributed by atoms with Crippen LogP contribution in [-0.4, -0.2) is 63.1 Å². The molecule has 7 nitrogen and oxygen atoms in total. The highest BCUT2D eigenvalue weighted by Gasteiger charge is 2.45. The van der Waals surface area contributed by atoms with Crippen LogP contribution >= 0.6 is 0 Å². The summed E-state index contributed by atoms with van der Waals surface area (Å²) in [6, 6.07) is 6.71. The molecule has 0 unspecified atom stereocenters. The fraction of sp³-hybridized carbons (Fsp3) is 0.450. The van der Waals surface area contributed by atoms with Crippen molar-refractivity contribution in [1.82, 2.24) is 14.8 Å². The van der Waals surface area contributed by atoms with Gasteiger partial charge >= 0.3 is 12.1 Å². The minimum absolute atomic E-state index is 0.0447. The number of aromatic nitrogens is 1. The van der Waals surface area contributed by atoms with Gasteiger partial charge in [-0.2, -0.15) is 13.2 Å². The molecule has 0 radical (unpaired) electrons. The Morgan fingerprint density at radius 3 is 2.50 bits per heavy atom. The number of aliphatic carboxylic acids is 1. The maximum Gasteiger partial charge on any atom is 0.490 e. The summed E-state index contributed by atoms with van der Waals surface area (Å²) in [6.07, 6.45) is 2.32. The van der Waals surface area contributed by atoms with Gasteiger partial charge in [0.05, 0.1) is 6.26 Å². The first-order chi connectivity index (χ1) is 14.2. The van der Waals surface area contributed by atoms with Gasteiger partial charge < -0.3 is 14.4 Å². The Hall–Kier alpha value is -2.88. The van der Waals surface area contributed by atoms with Crippen LogP contribution in [0.2, 0.25) is 0 Å². The highest BCUT2D eigenvalue weighted by atomic mass is 19.4. The van der Waals surface area contributed by atoms with Crippen molar-refractivity contribution in [2.75, 3.05) is 13.1 Å². The van der Waals surface area contributed by atoms with Crippen molar-refractivity contribution in [2.45, 2.75) is 44.6 Å². The topological polar surface area (TPSA) is 86.9 Å². The summed E-state index contributed by atoms with van der Waals surface area (Å²) < 4.78 is 37.1. The number of hydrogen-bond donors (Lipinski definition) is 1. The van der Waals surface area contributed by atoms with Crippen LogP contribution in [0.15, 0.2) is 41.3 Å². The number of likely N-dealkylation sites (tertiary alicyclic amines) is 2. The van der Waals surface area contributed by atoms with Crippen molar-refractivity contribution in [3.8, 4) is 0 Å². The maximum absolute atomic E-state index is 12.7. The number of alkyl halides is 3. The minimum atomic E-state index is -5.08. The number of halogens is 3. The van der Waals surface area contributed by atoms with E-state index in [1.54, 1.807) is 12.5 Å². The van der Waals surface area contributed by atoms with Crippen LogP contribution in [0, 0.1) is 6.92 Å². The third-order valence-electron chi connectivity index (χ3n) is 5.36. The Morgan fingerprint density at radius 1 is 1.23 bits per heavy atom. The zero-order chi connectivity index (χ0) is 21.9. The predicted molar refractivity (Wildman–Crippen MR) is 99.6 cm³/mol. The van der Waals surface area contributed by atoms with Gasteiger partial charge in [0.25, 0.3) is 5.91 Å². The molecule has 1 N–H and O–H groups in total. The van der Waals surface area contributed by atoms with Crippen molar-refractivity contribution in [2.24, 2.45) is 0 Å². The average Bonchev–Trinajstić information content (AvgIpc) is 3.39. The van der Waals surface area contributed by atoms with Crippen LogP contribution in [0.3, 0.4) is 0 Å². The molecule has 2 aliphatic rings. The summed E-state index contributed by atoms with van der Waals surface area (Å²) in [5, 5.41) is 7.12. The number of fused-ring (bicyclic) bond motifs is 1. The number of furan rings is 1. The van der Waals surface area contributed by atoms with Crippen LogP contribution in [0.5, 0.6) is 0 Å². The van der Waals surface area contributed by atoms with E-state index in [0.29, 0.717) is 17.8 Å². The second kappa shape index (κ2) is 8.86. The van der Waals surface area contributed by atoms with Crippen molar-refractivity contribution in [3.05, 3.63) is 53.7 Å². The molecule has 2 aliphatic heterocycles. The van der Waals surface area contributed by atoms with Crippen LogP contribution in [0.1, 0.15) is 34.5 Å². The number of carbonyl (C=O) groups is 2. The molecule has 162 valence electrons. The Morgan fingerprint density at radius 2 is 1.93 bits per heavy atom. The van der Waals surface area contributed by atoms with E-state index in [1.807, 2.05) is 30.2 Å². The Bertz CT molecular complexity index is 885. The molecule has 2 saturated heterocycles. The van der Waals surface area contributed by atoms with E-state index in [9.17, 15) is 18.0 Å². The average molecular weight is 425 g/mol. The van der Waals surface area contributed by atoms with Crippen molar-refractivity contribution in [3.63, 3.8) is 0 Å². The molecule has 0 saturated carbocycles. The normalized spacial score (nSPS) is 21.1. The van der Waals surface area contributed by atoms with E-state index in [4.69, 9.17) is 14.3 Å². The molecule has 0 bridgehead atoms. The molecule has 1 amide bonds. The lowest BCUT2D eigenvalue weighted by molar-refractivity contribution is -0.192. The molecule has 10 heteroatoms. The van der Waals surface area contributed by atoms with Crippen molar-refractivity contribution < 1.29 is 32.3 Å². The molecule has 2 aromatic rings. The van der Waals surface area contributed by atoms with Gasteiger partial charge in [0.15, 0.2) is 5.76 Å². The summed E-state index contributed by atoms with van der Waals surface area (Å²) in [7, 11) is 0. The largest absolute Gasteiger partial charge is 0.490 e. The first-order valence-corrected chi connectivity index (χ1v) is 9.46. The zero-order valence-electron chi connectivity index (χ0n) is 16.3. The van der Waals surface area contributed by atoms with E-state index >= 15 is 0 Å². The molecule has 0 spiro atoms. The van der Waals surface area contributed by atoms with E-state index in [-0.39, 0.29) is 5.91 Å². The lowest BCUT2D eigenvalue weighted by Gasteiger charge is -2.25. The number of carboxylic acids is 1. The second-order valence-corrected chi connectivity index (χ2v) is 7.28. The summed E-state index contributed by atoms with van der Waals surface area (Å²) in [4.78, 5) is 30.3. The Kier molecular flexibility index (Phi) is 6.45. The van der Waals surface area contributed by atoms with Gasteiger partial charge in [-0.3, -0.25) is 14.7 Å². The number of carboxylic acid groups (broad SMARTS) is 1. The second-order valence-electron chi connectivity index (χ2n) is 7.28. The maximum atomic E-state index is 12.7. The highest BCUT2D eigenvalue weighted by Crippen LogP contribution is 2.34. The fourth-order valence-electron chi connectivity index (χ4n) is 3.97. The molecular formula is C20H22F3N3O4. The number of hydrogen-bond acceptors (Lipinski definition) is 5. The van der Waals surface area contributed by atoms with Crippen LogP contribution in [0.4, 0.5) is 13.2 Å². The van der Waals surface area contributed by atoms with Gasteiger partial charge in [-0.15, -0.1) is 0 Å². The molecule has 2 atom stereocenters. The lowest BCUT2D eigenvalue weighted by atomic mass is 10.1. The summed E-state index contributed by atoms with van der Waals surface area (Å²) in [5.74, 6) is -2.22. The third-order valence-corrected chi connectivity index (χ3v) is 5.36. The number of nitrogens with zero attached hydrogens (tertiary/aromatic N) is 3. The van der Waals surface area contributed by atoms with Crippen LogP contribution in [0.25, 0.3) is 0 Å². The number of amides is 1. The van der Waals surface area contributed by atoms with Gasteiger partial charge in [0, 0.05) is 49.7 Å². The molecule has 4 rings (SSSR count). The minimum Gasteiger partial charge on any atom is -0.475 e. The van der Waals surface area contributed by atoms with Gasteiger partial charge in [0.1, 0.15) is 0 Å². The molecule has 2 fully saturated rings. The number of pyridine rings is 1. The first kappa shape index (κ1) is 21.8.